The number of hydrogen-bond acceptors (Lipinski definition) is 5. The molecule has 92 valence electrons. The molecule has 0 radical (unpaired) electrons. The van der Waals surface area contributed by atoms with Gasteiger partial charge in [0.2, 0.25) is 5.82 Å². The lowest BCUT2D eigenvalue weighted by Crippen LogP contribution is -2.20. The second-order valence-electron chi connectivity index (χ2n) is 3.29. The van der Waals surface area contributed by atoms with Gasteiger partial charge in [-0.25, -0.2) is 4.79 Å². The topological polar surface area (TPSA) is 130 Å². The number of carbonyl (C=O) groups is 1. The predicted octanol–water partition coefficient (Wildman–Crippen LogP) is 0.220. The number of rotatable bonds is 3. The molecule has 0 aliphatic heterocycles. The third-order valence-electron chi connectivity index (χ3n) is 2.11. The van der Waals surface area contributed by atoms with Crippen molar-refractivity contribution >= 4 is 29.0 Å². The second-order valence-corrected chi connectivity index (χ2v) is 3.73. The van der Waals surface area contributed by atoms with Crippen LogP contribution in [0, 0.1) is 0 Å². The Labute approximate surface area is 106 Å². The molecule has 0 aliphatic carbocycles. The number of anilines is 1. The number of aromatic amines is 1. The Morgan fingerprint density at radius 1 is 1.50 bits per heavy atom. The van der Waals surface area contributed by atoms with Crippen LogP contribution in [0.4, 0.5) is 5.69 Å². The van der Waals surface area contributed by atoms with Gasteiger partial charge in [-0.15, -0.1) is 10.2 Å². The average Bonchev–Trinajstić information content (AvgIpc) is 2.81. The van der Waals surface area contributed by atoms with Gasteiger partial charge in [0.15, 0.2) is 5.11 Å². The minimum atomic E-state index is -1.09. The molecule has 0 spiro atoms. The van der Waals surface area contributed by atoms with Gasteiger partial charge in [0.1, 0.15) is 0 Å². The molecule has 18 heavy (non-hydrogen) atoms. The molecule has 0 unspecified atom stereocenters. The summed E-state index contributed by atoms with van der Waals surface area (Å²) in [5.41, 5.74) is 6.26. The fraction of sp³-hybridized carbons (Fsp3) is 0. The van der Waals surface area contributed by atoms with Crippen molar-refractivity contribution in [3.63, 3.8) is 0 Å². The number of aromatic carboxylic acids is 1. The van der Waals surface area contributed by atoms with Crippen molar-refractivity contribution in [2.45, 2.75) is 0 Å². The molecule has 0 amide bonds. The summed E-state index contributed by atoms with van der Waals surface area (Å²) in [5, 5.41) is 24.9. The van der Waals surface area contributed by atoms with Crippen molar-refractivity contribution in [2.24, 2.45) is 5.73 Å². The SMILES string of the molecule is NC(=S)Nc1cc(-c2nn[nH]n2)ccc1C(=O)O. The normalized spacial score (nSPS) is 10.0. The van der Waals surface area contributed by atoms with Gasteiger partial charge in [0.25, 0.3) is 0 Å². The monoisotopic (exact) mass is 264 g/mol. The lowest BCUT2D eigenvalue weighted by molar-refractivity contribution is 0.0698. The highest BCUT2D eigenvalue weighted by atomic mass is 32.1. The van der Waals surface area contributed by atoms with E-state index in [0.29, 0.717) is 11.4 Å². The molecule has 1 aromatic heterocycles. The fourth-order valence-electron chi connectivity index (χ4n) is 1.39. The standard InChI is InChI=1S/C9H8N6O2S/c10-9(18)11-6-3-4(7-12-14-15-13-7)1-2-5(6)8(16)17/h1-3H,(H,16,17)(H3,10,11,18)(H,12,13,14,15). The highest BCUT2D eigenvalue weighted by Gasteiger charge is 2.13. The van der Waals surface area contributed by atoms with Crippen LogP contribution < -0.4 is 11.1 Å². The number of H-pyrrole nitrogens is 1. The fourth-order valence-corrected chi connectivity index (χ4v) is 1.50. The molecule has 2 rings (SSSR count). The van der Waals surface area contributed by atoms with Gasteiger partial charge in [-0.05, 0) is 29.6 Å². The first-order chi connectivity index (χ1) is 8.58. The van der Waals surface area contributed by atoms with Gasteiger partial charge >= 0.3 is 5.97 Å². The molecule has 5 N–H and O–H groups in total. The molecule has 0 bridgehead atoms. The van der Waals surface area contributed by atoms with Crippen molar-refractivity contribution in [3.8, 4) is 11.4 Å². The Hall–Kier alpha value is -2.55. The van der Waals surface area contributed by atoms with Crippen molar-refractivity contribution in [3.05, 3.63) is 23.8 Å². The molecule has 1 aromatic carbocycles. The number of aromatic nitrogens is 4. The van der Waals surface area contributed by atoms with Crippen LogP contribution in [0.25, 0.3) is 11.4 Å². The summed E-state index contributed by atoms with van der Waals surface area (Å²) < 4.78 is 0. The summed E-state index contributed by atoms with van der Waals surface area (Å²) >= 11 is 4.69. The third kappa shape index (κ3) is 2.40. The summed E-state index contributed by atoms with van der Waals surface area (Å²) in [6.45, 7) is 0. The van der Waals surface area contributed by atoms with E-state index in [9.17, 15) is 4.79 Å². The first kappa shape index (κ1) is 11.9. The first-order valence-electron chi connectivity index (χ1n) is 4.75. The van der Waals surface area contributed by atoms with Crippen LogP contribution in [0.1, 0.15) is 10.4 Å². The lowest BCUT2D eigenvalue weighted by atomic mass is 10.1. The van der Waals surface area contributed by atoms with Crippen molar-refractivity contribution < 1.29 is 9.90 Å². The zero-order chi connectivity index (χ0) is 13.1. The molecular formula is C9H8N6O2S. The number of carboxylic acids is 1. The van der Waals surface area contributed by atoms with E-state index < -0.39 is 5.97 Å². The van der Waals surface area contributed by atoms with Crippen molar-refractivity contribution in [1.82, 2.24) is 20.6 Å². The Kier molecular flexibility index (Phi) is 3.15. The summed E-state index contributed by atoms with van der Waals surface area (Å²) in [4.78, 5) is 11.0. The number of thiocarbonyl (C=S) groups is 1. The van der Waals surface area contributed by atoms with Crippen molar-refractivity contribution in [1.29, 1.82) is 0 Å². The summed E-state index contributed by atoms with van der Waals surface area (Å²) in [5.74, 6) is -0.744. The molecule has 0 saturated heterocycles. The second kappa shape index (κ2) is 4.75. The number of carboxylic acid groups (broad SMARTS) is 1. The molecule has 0 atom stereocenters. The van der Waals surface area contributed by atoms with E-state index in [1.54, 1.807) is 6.07 Å². The minimum absolute atomic E-state index is 0.0252. The largest absolute Gasteiger partial charge is 0.478 e. The van der Waals surface area contributed by atoms with E-state index in [-0.39, 0.29) is 16.4 Å². The molecule has 0 saturated carbocycles. The summed E-state index contributed by atoms with van der Waals surface area (Å²) in [6.07, 6.45) is 0. The smallest absolute Gasteiger partial charge is 0.337 e. The number of benzene rings is 1. The lowest BCUT2D eigenvalue weighted by Gasteiger charge is -2.08. The van der Waals surface area contributed by atoms with Gasteiger partial charge in [0, 0.05) is 5.56 Å². The number of nitrogens with zero attached hydrogens (tertiary/aromatic N) is 3. The highest BCUT2D eigenvalue weighted by molar-refractivity contribution is 7.80. The number of nitrogens with one attached hydrogen (secondary N) is 2. The third-order valence-corrected chi connectivity index (χ3v) is 2.21. The van der Waals surface area contributed by atoms with E-state index >= 15 is 0 Å². The van der Waals surface area contributed by atoms with E-state index in [1.807, 2.05) is 0 Å². The van der Waals surface area contributed by atoms with Crippen LogP contribution in [-0.2, 0) is 0 Å². The van der Waals surface area contributed by atoms with Crippen LogP contribution in [0.5, 0.6) is 0 Å². The maximum Gasteiger partial charge on any atom is 0.337 e. The highest BCUT2D eigenvalue weighted by Crippen LogP contribution is 2.23. The Morgan fingerprint density at radius 2 is 2.28 bits per heavy atom. The van der Waals surface area contributed by atoms with Crippen LogP contribution in [0.15, 0.2) is 18.2 Å². The van der Waals surface area contributed by atoms with Gasteiger partial charge < -0.3 is 16.2 Å². The summed E-state index contributed by atoms with van der Waals surface area (Å²) in [6, 6.07) is 4.52. The van der Waals surface area contributed by atoms with E-state index in [0.717, 1.165) is 0 Å². The number of tetrazole rings is 1. The van der Waals surface area contributed by atoms with Crippen LogP contribution >= 0.6 is 12.2 Å². The van der Waals surface area contributed by atoms with E-state index in [4.69, 9.17) is 23.1 Å². The molecule has 8 nitrogen and oxygen atoms in total. The Balaban J connectivity index is 2.48. The van der Waals surface area contributed by atoms with Gasteiger partial charge in [0.05, 0.1) is 11.3 Å². The van der Waals surface area contributed by atoms with E-state index in [2.05, 4.69) is 25.9 Å². The first-order valence-corrected chi connectivity index (χ1v) is 5.16. The minimum Gasteiger partial charge on any atom is -0.478 e. The quantitative estimate of drug-likeness (QED) is 0.579. The maximum atomic E-state index is 11.0. The predicted molar refractivity (Wildman–Crippen MR) is 67.0 cm³/mol. The Bertz CT molecular complexity index is 597. The molecule has 0 aliphatic rings. The maximum absolute atomic E-state index is 11.0. The van der Waals surface area contributed by atoms with Gasteiger partial charge in [-0.2, -0.15) is 5.21 Å². The molecule has 1 heterocycles. The van der Waals surface area contributed by atoms with Crippen LogP contribution in [-0.4, -0.2) is 36.8 Å². The zero-order valence-corrected chi connectivity index (χ0v) is 9.73. The molecular weight excluding hydrogens is 256 g/mol. The molecule has 9 heteroatoms. The average molecular weight is 264 g/mol. The molecule has 0 fully saturated rings. The molecule has 2 aromatic rings. The van der Waals surface area contributed by atoms with E-state index in [1.165, 1.54) is 12.1 Å². The number of hydrogen-bond donors (Lipinski definition) is 4. The van der Waals surface area contributed by atoms with Gasteiger partial charge in [-0.1, -0.05) is 6.07 Å². The van der Waals surface area contributed by atoms with Crippen LogP contribution in [0.3, 0.4) is 0 Å². The summed E-state index contributed by atoms with van der Waals surface area (Å²) in [7, 11) is 0. The van der Waals surface area contributed by atoms with Gasteiger partial charge in [-0.3, -0.25) is 0 Å². The zero-order valence-electron chi connectivity index (χ0n) is 8.91. The Morgan fingerprint density at radius 3 is 2.83 bits per heavy atom. The van der Waals surface area contributed by atoms with Crippen molar-refractivity contribution in [2.75, 3.05) is 5.32 Å². The number of nitrogens with two attached hydrogens (primary N) is 1. The van der Waals surface area contributed by atoms with Crippen LogP contribution in [0.2, 0.25) is 0 Å².